The van der Waals surface area contributed by atoms with Crippen molar-refractivity contribution >= 4 is 46.4 Å². The molecule has 4 rings (SSSR count). The zero-order valence-corrected chi connectivity index (χ0v) is 19.0. The van der Waals surface area contributed by atoms with Crippen LogP contribution in [0.2, 0.25) is 10.0 Å². The fourth-order valence-corrected chi connectivity index (χ4v) is 4.15. The van der Waals surface area contributed by atoms with E-state index in [1.807, 2.05) is 55.8 Å². The fourth-order valence-electron chi connectivity index (χ4n) is 3.83. The molecule has 3 aromatic rings. The Balaban J connectivity index is 1.55. The van der Waals surface area contributed by atoms with Gasteiger partial charge in [0.15, 0.2) is 0 Å². The number of amides is 2. The molecule has 31 heavy (non-hydrogen) atoms. The van der Waals surface area contributed by atoms with Gasteiger partial charge in [0.2, 0.25) is 5.91 Å². The maximum Gasteiger partial charge on any atom is 0.256 e. The van der Waals surface area contributed by atoms with Crippen LogP contribution in [0.3, 0.4) is 0 Å². The van der Waals surface area contributed by atoms with Gasteiger partial charge in [-0.2, -0.15) is 5.10 Å². The van der Waals surface area contributed by atoms with Crippen molar-refractivity contribution in [1.82, 2.24) is 9.78 Å². The zero-order valence-electron chi connectivity index (χ0n) is 17.4. The van der Waals surface area contributed by atoms with Crippen molar-refractivity contribution in [2.75, 3.05) is 10.2 Å². The van der Waals surface area contributed by atoms with Gasteiger partial charge in [-0.3, -0.25) is 14.3 Å². The zero-order chi connectivity index (χ0) is 22.3. The van der Waals surface area contributed by atoms with E-state index < -0.39 is 6.04 Å². The predicted molar refractivity (Wildman–Crippen MR) is 123 cm³/mol. The lowest BCUT2D eigenvalue weighted by Crippen LogP contribution is -2.35. The Bertz CT molecular complexity index is 1190. The maximum atomic E-state index is 13.0. The second kappa shape index (κ2) is 8.36. The minimum atomic E-state index is -0.631. The average molecular weight is 457 g/mol. The number of carbonyl (C=O) groups excluding carboxylic acids is 2. The molecule has 6 nitrogen and oxygen atoms in total. The van der Waals surface area contributed by atoms with Crippen LogP contribution in [-0.4, -0.2) is 27.6 Å². The van der Waals surface area contributed by atoms with Gasteiger partial charge in [-0.1, -0.05) is 41.4 Å². The number of benzene rings is 2. The van der Waals surface area contributed by atoms with Crippen LogP contribution in [0.15, 0.2) is 42.5 Å². The molecule has 0 saturated carbocycles. The largest absolute Gasteiger partial charge is 0.370 e. The Kier molecular flexibility index (Phi) is 5.77. The van der Waals surface area contributed by atoms with Crippen molar-refractivity contribution in [3.8, 4) is 0 Å². The van der Waals surface area contributed by atoms with Crippen LogP contribution in [-0.2, 0) is 16.1 Å². The average Bonchev–Trinajstić information content (AvgIpc) is 3.14. The molecule has 1 aliphatic rings. The Morgan fingerprint density at radius 1 is 1.06 bits per heavy atom. The molecule has 0 radical (unpaired) electrons. The molecule has 2 aromatic carbocycles. The first-order valence-electron chi connectivity index (χ1n) is 9.92. The SMILES string of the molecule is Cc1cccc(N2C(=O)C[C@H](Nc3c(C)nn(Cc4ccc(Cl)c(Cl)c4)c3C)C2=O)c1. The second-order valence-electron chi connectivity index (χ2n) is 7.76. The summed E-state index contributed by atoms with van der Waals surface area (Å²) in [7, 11) is 0. The first-order chi connectivity index (χ1) is 14.7. The summed E-state index contributed by atoms with van der Waals surface area (Å²) < 4.78 is 1.84. The van der Waals surface area contributed by atoms with Crippen LogP contribution >= 0.6 is 23.2 Å². The van der Waals surface area contributed by atoms with Gasteiger partial charge in [-0.05, 0) is 56.2 Å². The van der Waals surface area contributed by atoms with E-state index in [9.17, 15) is 9.59 Å². The standard InChI is InChI=1S/C23H22Cl2N4O2/c1-13-5-4-6-17(9-13)29-21(30)11-20(23(29)31)26-22-14(2)27-28(15(22)3)12-16-7-8-18(24)19(25)10-16/h4-10,20,26H,11-12H2,1-3H3/t20-/m0/s1. The summed E-state index contributed by atoms with van der Waals surface area (Å²) in [5.74, 6) is -0.474. The maximum absolute atomic E-state index is 13.0. The van der Waals surface area contributed by atoms with Crippen LogP contribution in [0.4, 0.5) is 11.4 Å². The smallest absolute Gasteiger partial charge is 0.256 e. The van der Waals surface area contributed by atoms with Gasteiger partial charge >= 0.3 is 0 Å². The fraction of sp³-hybridized carbons (Fsp3) is 0.261. The summed E-state index contributed by atoms with van der Waals surface area (Å²) in [6.45, 7) is 6.25. The van der Waals surface area contributed by atoms with E-state index in [1.165, 1.54) is 4.90 Å². The van der Waals surface area contributed by atoms with E-state index in [0.717, 1.165) is 28.2 Å². The van der Waals surface area contributed by atoms with Gasteiger partial charge in [0.05, 0.1) is 45.8 Å². The minimum Gasteiger partial charge on any atom is -0.370 e. The highest BCUT2D eigenvalue weighted by atomic mass is 35.5. The highest BCUT2D eigenvalue weighted by Gasteiger charge is 2.40. The third-order valence-electron chi connectivity index (χ3n) is 5.42. The van der Waals surface area contributed by atoms with E-state index >= 15 is 0 Å². The molecule has 1 fully saturated rings. The Morgan fingerprint density at radius 2 is 1.84 bits per heavy atom. The number of hydrogen-bond acceptors (Lipinski definition) is 4. The van der Waals surface area contributed by atoms with Gasteiger partial charge in [-0.25, -0.2) is 4.90 Å². The van der Waals surface area contributed by atoms with E-state index in [1.54, 1.807) is 12.1 Å². The van der Waals surface area contributed by atoms with E-state index in [-0.39, 0.29) is 18.2 Å². The van der Waals surface area contributed by atoms with Crippen molar-refractivity contribution < 1.29 is 9.59 Å². The van der Waals surface area contributed by atoms with Crippen LogP contribution in [0, 0.1) is 20.8 Å². The van der Waals surface area contributed by atoms with Crippen LogP contribution in [0.25, 0.3) is 0 Å². The minimum absolute atomic E-state index is 0.101. The number of rotatable bonds is 5. The highest BCUT2D eigenvalue weighted by Crippen LogP contribution is 2.29. The molecule has 0 aliphatic carbocycles. The number of nitrogens with one attached hydrogen (secondary N) is 1. The summed E-state index contributed by atoms with van der Waals surface area (Å²) in [5.41, 5.74) is 4.94. The Hall–Kier alpha value is -2.83. The van der Waals surface area contributed by atoms with Gasteiger partial charge in [0.25, 0.3) is 5.91 Å². The molecule has 1 atom stereocenters. The molecule has 2 amide bonds. The number of aryl methyl sites for hydroxylation is 2. The monoisotopic (exact) mass is 456 g/mol. The molecular weight excluding hydrogens is 435 g/mol. The summed E-state index contributed by atoms with van der Waals surface area (Å²) in [5, 5.41) is 8.85. The molecule has 0 spiro atoms. The number of hydrogen-bond donors (Lipinski definition) is 1. The Morgan fingerprint density at radius 3 is 2.55 bits per heavy atom. The summed E-state index contributed by atoms with van der Waals surface area (Å²) >= 11 is 12.1. The topological polar surface area (TPSA) is 67.2 Å². The summed E-state index contributed by atoms with van der Waals surface area (Å²) in [6.07, 6.45) is 0.101. The molecular formula is C23H22Cl2N4O2. The van der Waals surface area contributed by atoms with Gasteiger partial charge in [-0.15, -0.1) is 0 Å². The number of anilines is 2. The first kappa shape index (κ1) is 21.4. The third-order valence-corrected chi connectivity index (χ3v) is 6.16. The van der Waals surface area contributed by atoms with Crippen LogP contribution in [0.5, 0.6) is 0 Å². The van der Waals surface area contributed by atoms with Crippen LogP contribution in [0.1, 0.15) is 28.9 Å². The highest BCUT2D eigenvalue weighted by molar-refractivity contribution is 6.42. The molecule has 0 bridgehead atoms. The molecule has 1 saturated heterocycles. The molecule has 0 unspecified atom stereocenters. The lowest BCUT2D eigenvalue weighted by Gasteiger charge is -2.17. The number of aromatic nitrogens is 2. The quantitative estimate of drug-likeness (QED) is 0.553. The molecule has 160 valence electrons. The number of imide groups is 1. The van der Waals surface area contributed by atoms with Gasteiger partial charge in [0.1, 0.15) is 6.04 Å². The number of halogens is 2. The molecule has 2 heterocycles. The number of nitrogens with zero attached hydrogens (tertiary/aromatic N) is 3. The molecule has 8 heteroatoms. The number of carbonyl (C=O) groups is 2. The van der Waals surface area contributed by atoms with Gasteiger partial charge in [0, 0.05) is 0 Å². The van der Waals surface area contributed by atoms with E-state index in [4.69, 9.17) is 23.2 Å². The summed E-state index contributed by atoms with van der Waals surface area (Å²) in [6, 6.07) is 12.2. The lowest BCUT2D eigenvalue weighted by molar-refractivity contribution is -0.121. The lowest BCUT2D eigenvalue weighted by atomic mass is 10.2. The van der Waals surface area contributed by atoms with Gasteiger partial charge < -0.3 is 5.32 Å². The second-order valence-corrected chi connectivity index (χ2v) is 8.57. The van der Waals surface area contributed by atoms with Crippen molar-refractivity contribution in [1.29, 1.82) is 0 Å². The van der Waals surface area contributed by atoms with Crippen molar-refractivity contribution in [3.05, 3.63) is 75.0 Å². The van der Waals surface area contributed by atoms with Crippen molar-refractivity contribution in [2.45, 2.75) is 39.8 Å². The van der Waals surface area contributed by atoms with E-state index in [2.05, 4.69) is 10.4 Å². The predicted octanol–water partition coefficient (Wildman–Crippen LogP) is 4.91. The van der Waals surface area contributed by atoms with Crippen molar-refractivity contribution in [3.63, 3.8) is 0 Å². The molecule has 1 aromatic heterocycles. The van der Waals surface area contributed by atoms with Crippen LogP contribution < -0.4 is 10.2 Å². The third kappa shape index (κ3) is 4.18. The Labute approximate surface area is 190 Å². The molecule has 1 aliphatic heterocycles. The normalized spacial score (nSPS) is 16.3. The van der Waals surface area contributed by atoms with E-state index in [0.29, 0.717) is 22.3 Å². The van der Waals surface area contributed by atoms with Crippen molar-refractivity contribution in [2.24, 2.45) is 0 Å². The molecule has 1 N–H and O–H groups in total. The first-order valence-corrected chi connectivity index (χ1v) is 10.7. The summed E-state index contributed by atoms with van der Waals surface area (Å²) in [4.78, 5) is 26.9.